The van der Waals surface area contributed by atoms with E-state index < -0.39 is 68.0 Å². The number of hydrogen-bond donors (Lipinski definition) is 13. The topological polar surface area (TPSA) is 335 Å². The molecule has 0 aliphatic heterocycles. The van der Waals surface area contributed by atoms with Crippen molar-refractivity contribution in [3.63, 3.8) is 0 Å². The minimum Gasteiger partial charge on any atom is -0.505 e. The van der Waals surface area contributed by atoms with Crippen LogP contribution < -0.4 is 5.56 Å². The number of para-hydroxylation sites is 1. The maximum absolute atomic E-state index is 13.1. The molecule has 19 heteroatoms. The van der Waals surface area contributed by atoms with E-state index in [1.807, 2.05) is 26.0 Å². The third-order valence-electron chi connectivity index (χ3n) is 9.81. The number of nitrogens with one attached hydrogen (secondary N) is 1. The van der Waals surface area contributed by atoms with Crippen molar-refractivity contribution in [2.24, 2.45) is 10.2 Å². The summed E-state index contributed by atoms with van der Waals surface area (Å²) in [5.41, 5.74) is 4.04. The second kappa shape index (κ2) is 23.8. The van der Waals surface area contributed by atoms with Gasteiger partial charge in [-0.05, 0) is 93.0 Å². The second-order valence-electron chi connectivity index (χ2n) is 14.4. The first-order chi connectivity index (χ1) is 28.5. The smallest absolute Gasteiger partial charge is 0.371 e. The van der Waals surface area contributed by atoms with Gasteiger partial charge in [-0.1, -0.05) is 38.8 Å². The molecule has 8 atom stereocenters. The zero-order valence-electron chi connectivity index (χ0n) is 33.7. The number of H-pyrrole nitrogens is 1. The maximum atomic E-state index is 13.1. The molecule has 0 saturated carbocycles. The molecule has 0 unspecified atom stereocenters. The van der Waals surface area contributed by atoms with Gasteiger partial charge in [0.15, 0.2) is 11.4 Å². The number of nitrogens with zero attached hydrogens (tertiary/aromatic N) is 3. The largest absolute Gasteiger partial charge is 0.505 e. The first-order valence-corrected chi connectivity index (χ1v) is 19.7. The van der Waals surface area contributed by atoms with Crippen LogP contribution in [0.15, 0.2) is 68.0 Å². The number of aromatic carboxylic acids is 1. The van der Waals surface area contributed by atoms with Crippen LogP contribution >= 0.6 is 0 Å². The van der Waals surface area contributed by atoms with Crippen LogP contribution in [-0.4, -0.2) is 139 Å². The summed E-state index contributed by atoms with van der Waals surface area (Å²) in [6.45, 7) is 4.10. The summed E-state index contributed by atoms with van der Waals surface area (Å²) in [5, 5.41) is 121. The first-order valence-electron chi connectivity index (χ1n) is 19.7. The van der Waals surface area contributed by atoms with Crippen LogP contribution in [0, 0.1) is 6.92 Å². The third kappa shape index (κ3) is 13.1. The highest BCUT2D eigenvalue weighted by Crippen LogP contribution is 2.38. The number of benzene rings is 2. The van der Waals surface area contributed by atoms with E-state index >= 15 is 0 Å². The first kappa shape index (κ1) is 49.6. The van der Waals surface area contributed by atoms with Gasteiger partial charge in [0, 0.05) is 0 Å². The Morgan fingerprint density at radius 2 is 1.32 bits per heavy atom. The number of furan rings is 1. The number of aromatic nitrogens is 2. The van der Waals surface area contributed by atoms with E-state index in [1.54, 1.807) is 19.1 Å². The molecule has 4 aromatic rings. The fraction of sp³-hybridized carbons (Fsp3) is 0.512. The normalized spacial score (nSPS) is 16.6. The maximum Gasteiger partial charge on any atom is 0.371 e. The van der Waals surface area contributed by atoms with Crippen molar-refractivity contribution in [1.82, 2.24) is 9.78 Å². The van der Waals surface area contributed by atoms with E-state index in [4.69, 9.17) is 40.2 Å². The lowest BCUT2D eigenvalue weighted by Crippen LogP contribution is -2.45. The Balaban J connectivity index is 0.000000306. The summed E-state index contributed by atoms with van der Waals surface area (Å²) in [4.78, 5) is 24.1. The number of aromatic amines is 1. The zero-order valence-corrected chi connectivity index (χ0v) is 33.7. The number of rotatable bonds is 17. The van der Waals surface area contributed by atoms with Gasteiger partial charge in [0.1, 0.15) is 48.1 Å². The molecule has 0 fully saturated rings. The summed E-state index contributed by atoms with van der Waals surface area (Å²) >= 11 is 0. The number of aromatic hydroxyl groups is 1. The van der Waals surface area contributed by atoms with Crippen molar-refractivity contribution < 1.29 is 70.5 Å². The van der Waals surface area contributed by atoms with E-state index in [0.717, 1.165) is 24.9 Å². The molecular formula is C41H58N4O15. The Morgan fingerprint density at radius 3 is 1.83 bits per heavy atom. The average Bonchev–Trinajstić information content (AvgIpc) is 3.86. The van der Waals surface area contributed by atoms with Crippen LogP contribution in [0.2, 0.25) is 0 Å². The van der Waals surface area contributed by atoms with Crippen LogP contribution in [0.5, 0.6) is 5.75 Å². The molecule has 13 N–H and O–H groups in total. The highest BCUT2D eigenvalue weighted by molar-refractivity contribution is 5.85. The SMILES string of the molecule is CCC[C@H](O)[C@@H](O)[C@H](O)[C@H](O)CO.CCC[C@H](O)[C@@H](O)[C@H](O)[C@H](O)CO.Cc1[nH]n(-c2ccc3c(c2)CCCC3)c(=O)c1N=Nc1cccc(-c2ccc(C(=O)O)o2)c1O. The van der Waals surface area contributed by atoms with E-state index in [1.165, 1.54) is 40.4 Å². The molecule has 60 heavy (non-hydrogen) atoms. The molecule has 5 rings (SSSR count). The highest BCUT2D eigenvalue weighted by atomic mass is 16.4. The Hall–Kier alpha value is -4.80. The number of aliphatic hydroxyl groups is 10. The molecule has 2 aromatic heterocycles. The molecule has 1 aliphatic carbocycles. The number of carboxylic acid groups (broad SMARTS) is 1. The van der Waals surface area contributed by atoms with Gasteiger partial charge in [-0.2, -0.15) is 0 Å². The molecule has 0 amide bonds. The van der Waals surface area contributed by atoms with Gasteiger partial charge in [0.25, 0.3) is 5.56 Å². The van der Waals surface area contributed by atoms with E-state index in [-0.39, 0.29) is 39.8 Å². The molecule has 0 spiro atoms. The third-order valence-corrected chi connectivity index (χ3v) is 9.81. The highest BCUT2D eigenvalue weighted by Gasteiger charge is 2.30. The van der Waals surface area contributed by atoms with Gasteiger partial charge in [-0.15, -0.1) is 10.2 Å². The number of phenols is 1. The van der Waals surface area contributed by atoms with Gasteiger partial charge >= 0.3 is 5.97 Å². The fourth-order valence-electron chi connectivity index (χ4n) is 6.27. The lowest BCUT2D eigenvalue weighted by molar-refractivity contribution is -0.116. The van der Waals surface area contributed by atoms with Crippen molar-refractivity contribution >= 4 is 17.3 Å². The molecule has 19 nitrogen and oxygen atoms in total. The van der Waals surface area contributed by atoms with Crippen LogP contribution in [0.3, 0.4) is 0 Å². The molecule has 332 valence electrons. The fourth-order valence-corrected chi connectivity index (χ4v) is 6.27. The monoisotopic (exact) mass is 846 g/mol. The van der Waals surface area contributed by atoms with Crippen LogP contribution in [-0.2, 0) is 12.8 Å². The average molecular weight is 847 g/mol. The summed E-state index contributed by atoms with van der Waals surface area (Å²) in [6.07, 6.45) is -4.39. The van der Waals surface area contributed by atoms with Gasteiger partial charge in [-0.25, -0.2) is 9.48 Å². The molecule has 0 radical (unpaired) electrons. The Bertz CT molecular complexity index is 2000. The number of aryl methyl sites for hydroxylation is 3. The summed E-state index contributed by atoms with van der Waals surface area (Å²) < 4.78 is 6.72. The minimum atomic E-state index is -1.51. The second-order valence-corrected chi connectivity index (χ2v) is 14.4. The molecular weight excluding hydrogens is 788 g/mol. The van der Waals surface area contributed by atoms with Crippen molar-refractivity contribution in [2.45, 2.75) is 121 Å². The number of carbonyl (C=O) groups is 1. The van der Waals surface area contributed by atoms with Gasteiger partial charge < -0.3 is 65.7 Å². The van der Waals surface area contributed by atoms with Gasteiger partial charge in [0.2, 0.25) is 5.76 Å². The molecule has 2 aromatic carbocycles. The number of aliphatic hydroxyl groups excluding tert-OH is 10. The molecule has 1 aliphatic rings. The summed E-state index contributed by atoms with van der Waals surface area (Å²) in [6, 6.07) is 13.5. The predicted octanol–water partition coefficient (Wildman–Crippen LogP) is 1.88. The molecule has 0 saturated heterocycles. The summed E-state index contributed by atoms with van der Waals surface area (Å²) in [7, 11) is 0. The number of azo groups is 1. The number of hydrogen-bond acceptors (Lipinski definition) is 16. The van der Waals surface area contributed by atoms with Gasteiger partial charge in [-0.3, -0.25) is 9.89 Å². The predicted molar refractivity (Wildman–Crippen MR) is 217 cm³/mol. The quantitative estimate of drug-likeness (QED) is 0.0675. The molecule has 0 bridgehead atoms. The molecule has 2 heterocycles. The lowest BCUT2D eigenvalue weighted by Gasteiger charge is -2.25. The van der Waals surface area contributed by atoms with E-state index in [2.05, 4.69) is 21.4 Å². The van der Waals surface area contributed by atoms with Crippen molar-refractivity contribution in [3.05, 3.63) is 81.5 Å². The van der Waals surface area contributed by atoms with Crippen LogP contribution in [0.4, 0.5) is 11.4 Å². The van der Waals surface area contributed by atoms with E-state index in [9.17, 15) is 35.1 Å². The van der Waals surface area contributed by atoms with Crippen molar-refractivity contribution in [1.29, 1.82) is 0 Å². The van der Waals surface area contributed by atoms with E-state index in [0.29, 0.717) is 31.4 Å². The van der Waals surface area contributed by atoms with Crippen LogP contribution in [0.25, 0.3) is 17.0 Å². The Morgan fingerprint density at radius 1 is 0.767 bits per heavy atom. The lowest BCUT2D eigenvalue weighted by atomic mass is 9.91. The van der Waals surface area contributed by atoms with Crippen molar-refractivity contribution in [3.8, 4) is 22.8 Å². The standard InChI is InChI=1S/C25H22N4O5.2C8H18O5/c1-14-22(24(31)29(28-14)17-10-9-15-5-2-3-6-16(15)13-17)27-26-19-8-4-7-18(23(19)30)20-11-12-21(34-20)25(32)33;2*1-2-3-5(10)7(12)8(13)6(11)4-9/h4,7-13,28,30H,2-3,5-6H2,1H3,(H,32,33);2*5-13H,2-4H2,1H3/t;2*5-,6+,7+,8+/m.00/s1. The number of phenolic OH excluding ortho intramolecular Hbond substituents is 1. The number of fused-ring (bicyclic) bond motifs is 1. The Kier molecular flexibility index (Phi) is 19.7. The van der Waals surface area contributed by atoms with Crippen LogP contribution in [0.1, 0.15) is 79.7 Å². The Labute approximate surface area is 345 Å². The number of carboxylic acids is 1. The zero-order chi connectivity index (χ0) is 44.7. The summed E-state index contributed by atoms with van der Waals surface area (Å²) in [5.74, 6) is -1.51. The van der Waals surface area contributed by atoms with Gasteiger partial charge in [0.05, 0.1) is 42.4 Å². The van der Waals surface area contributed by atoms with Crippen molar-refractivity contribution in [2.75, 3.05) is 13.2 Å². The minimum absolute atomic E-state index is 0.117.